The van der Waals surface area contributed by atoms with Gasteiger partial charge in [0, 0.05) is 0 Å². The van der Waals surface area contributed by atoms with Gasteiger partial charge in [0.2, 0.25) is 6.61 Å². The second-order valence-corrected chi connectivity index (χ2v) is 4.23. The number of rotatable bonds is 6. The molecule has 4 heteroatoms. The highest BCUT2D eigenvalue weighted by Crippen LogP contribution is 2.26. The van der Waals surface area contributed by atoms with Crippen molar-refractivity contribution in [2.24, 2.45) is 5.16 Å². The van der Waals surface area contributed by atoms with Crippen molar-refractivity contribution in [1.29, 1.82) is 0 Å². The summed E-state index contributed by atoms with van der Waals surface area (Å²) in [4.78, 5) is 15.9. The van der Waals surface area contributed by atoms with Gasteiger partial charge in [0.15, 0.2) is 0 Å². The topological polar surface area (TPSA) is 47.9 Å². The van der Waals surface area contributed by atoms with Crippen LogP contribution < -0.4 is 0 Å². The highest BCUT2D eigenvalue weighted by molar-refractivity contribution is 6.03. The fraction of sp³-hybridized carbons (Fsp3) is 0.571. The van der Waals surface area contributed by atoms with E-state index in [0.717, 1.165) is 31.4 Å². The van der Waals surface area contributed by atoms with E-state index in [2.05, 4.69) is 35.9 Å². The van der Waals surface area contributed by atoms with Crippen molar-refractivity contribution in [2.45, 2.75) is 39.5 Å². The first kappa shape index (κ1) is 14.5. The number of methoxy groups -OCH3 is 1. The van der Waals surface area contributed by atoms with E-state index in [1.54, 1.807) is 0 Å². The Labute approximate surface area is 108 Å². The Morgan fingerprint density at radius 2 is 2.17 bits per heavy atom. The zero-order valence-electron chi connectivity index (χ0n) is 11.4. The number of oxime groups is 1. The SMILES string of the molecule is CC/C=C\CC1=C(C)CC/C1=N/OCC(=O)OC. The van der Waals surface area contributed by atoms with Crippen LogP contribution in [0.25, 0.3) is 0 Å². The minimum atomic E-state index is -0.412. The van der Waals surface area contributed by atoms with Gasteiger partial charge in [-0.1, -0.05) is 29.8 Å². The molecule has 0 atom stereocenters. The van der Waals surface area contributed by atoms with Crippen molar-refractivity contribution in [3.8, 4) is 0 Å². The lowest BCUT2D eigenvalue weighted by Crippen LogP contribution is -2.09. The summed E-state index contributed by atoms with van der Waals surface area (Å²) in [6.07, 6.45) is 8.14. The van der Waals surface area contributed by atoms with Crippen LogP contribution in [0, 0.1) is 0 Å². The minimum Gasteiger partial charge on any atom is -0.466 e. The number of nitrogens with zero attached hydrogens (tertiary/aromatic N) is 1. The van der Waals surface area contributed by atoms with E-state index < -0.39 is 5.97 Å². The number of hydrogen-bond acceptors (Lipinski definition) is 4. The summed E-state index contributed by atoms with van der Waals surface area (Å²) in [6, 6.07) is 0. The lowest BCUT2D eigenvalue weighted by Gasteiger charge is -2.03. The monoisotopic (exact) mass is 251 g/mol. The minimum absolute atomic E-state index is 0.128. The fourth-order valence-electron chi connectivity index (χ4n) is 1.84. The van der Waals surface area contributed by atoms with E-state index in [9.17, 15) is 4.79 Å². The molecule has 0 amide bonds. The van der Waals surface area contributed by atoms with Crippen molar-refractivity contribution in [3.05, 3.63) is 23.3 Å². The molecule has 0 saturated carbocycles. The Hall–Kier alpha value is -1.58. The van der Waals surface area contributed by atoms with Crippen LogP contribution in [-0.4, -0.2) is 25.4 Å². The van der Waals surface area contributed by atoms with Gasteiger partial charge in [-0.15, -0.1) is 0 Å². The summed E-state index contributed by atoms with van der Waals surface area (Å²) >= 11 is 0. The molecule has 1 aliphatic carbocycles. The molecule has 0 unspecified atom stereocenters. The predicted octanol–water partition coefficient (Wildman–Crippen LogP) is 3.00. The molecule has 0 aromatic carbocycles. The first-order chi connectivity index (χ1) is 8.69. The second-order valence-electron chi connectivity index (χ2n) is 4.23. The first-order valence-electron chi connectivity index (χ1n) is 6.28. The normalized spacial score (nSPS) is 17.8. The van der Waals surface area contributed by atoms with E-state index in [4.69, 9.17) is 4.84 Å². The van der Waals surface area contributed by atoms with Gasteiger partial charge in [-0.3, -0.25) is 0 Å². The standard InChI is InChI=1S/C14H21NO3/c1-4-5-6-7-12-11(2)8-9-13(12)15-18-10-14(16)17-3/h5-6H,4,7-10H2,1-3H3/b6-5-,15-13-. The molecule has 0 fully saturated rings. The van der Waals surface area contributed by atoms with E-state index in [-0.39, 0.29) is 6.61 Å². The first-order valence-corrected chi connectivity index (χ1v) is 6.28. The summed E-state index contributed by atoms with van der Waals surface area (Å²) in [6.45, 7) is 4.11. The van der Waals surface area contributed by atoms with E-state index in [1.165, 1.54) is 18.3 Å². The number of ether oxygens (including phenoxy) is 1. The van der Waals surface area contributed by atoms with Gasteiger partial charge in [0.05, 0.1) is 12.8 Å². The van der Waals surface area contributed by atoms with Gasteiger partial charge >= 0.3 is 5.97 Å². The highest BCUT2D eigenvalue weighted by Gasteiger charge is 2.18. The fourth-order valence-corrected chi connectivity index (χ4v) is 1.84. The van der Waals surface area contributed by atoms with Gasteiger partial charge in [0.25, 0.3) is 0 Å². The zero-order valence-corrected chi connectivity index (χ0v) is 11.4. The van der Waals surface area contributed by atoms with Crippen LogP contribution in [0.3, 0.4) is 0 Å². The van der Waals surface area contributed by atoms with Crippen LogP contribution in [0.1, 0.15) is 39.5 Å². The molecular weight excluding hydrogens is 230 g/mol. The lowest BCUT2D eigenvalue weighted by atomic mass is 10.1. The molecule has 0 aromatic heterocycles. The third-order valence-corrected chi connectivity index (χ3v) is 2.91. The van der Waals surface area contributed by atoms with Gasteiger partial charge < -0.3 is 9.57 Å². The molecule has 0 aromatic rings. The van der Waals surface area contributed by atoms with Gasteiger partial charge in [-0.25, -0.2) is 4.79 Å². The average molecular weight is 251 g/mol. The van der Waals surface area contributed by atoms with E-state index in [1.807, 2.05) is 0 Å². The van der Waals surface area contributed by atoms with Crippen LogP contribution in [0.5, 0.6) is 0 Å². The quantitative estimate of drug-likeness (QED) is 0.414. The molecule has 0 spiro atoms. The summed E-state index contributed by atoms with van der Waals surface area (Å²) in [5, 5.41) is 4.05. The van der Waals surface area contributed by atoms with Crippen LogP contribution >= 0.6 is 0 Å². The van der Waals surface area contributed by atoms with E-state index >= 15 is 0 Å². The maximum absolute atomic E-state index is 10.9. The summed E-state index contributed by atoms with van der Waals surface area (Å²) < 4.78 is 4.49. The molecule has 4 nitrogen and oxygen atoms in total. The van der Waals surface area contributed by atoms with Crippen molar-refractivity contribution < 1.29 is 14.4 Å². The van der Waals surface area contributed by atoms with Gasteiger partial charge in [-0.2, -0.15) is 0 Å². The number of carbonyl (C=O) groups excluding carboxylic acids is 1. The number of hydrogen-bond donors (Lipinski definition) is 0. The molecule has 0 radical (unpaired) electrons. The third-order valence-electron chi connectivity index (χ3n) is 2.91. The molecule has 0 heterocycles. The highest BCUT2D eigenvalue weighted by atomic mass is 16.6. The number of carbonyl (C=O) groups is 1. The van der Waals surface area contributed by atoms with Gasteiger partial charge in [-0.05, 0) is 38.2 Å². The Morgan fingerprint density at radius 3 is 2.83 bits per heavy atom. The Bertz CT molecular complexity index is 381. The Balaban J connectivity index is 2.56. The maximum Gasteiger partial charge on any atom is 0.346 e. The van der Waals surface area contributed by atoms with Crippen LogP contribution in [0.4, 0.5) is 0 Å². The molecular formula is C14H21NO3. The molecule has 0 N–H and O–H groups in total. The summed E-state index contributed by atoms with van der Waals surface area (Å²) in [5.74, 6) is -0.412. The molecule has 0 saturated heterocycles. The van der Waals surface area contributed by atoms with Crippen molar-refractivity contribution in [3.63, 3.8) is 0 Å². The predicted molar refractivity (Wildman–Crippen MR) is 71.4 cm³/mol. The molecule has 1 rings (SSSR count). The van der Waals surface area contributed by atoms with Crippen molar-refractivity contribution >= 4 is 11.7 Å². The zero-order chi connectivity index (χ0) is 13.4. The number of esters is 1. The summed E-state index contributed by atoms with van der Waals surface area (Å²) in [5.41, 5.74) is 3.55. The van der Waals surface area contributed by atoms with Crippen LogP contribution in [0.15, 0.2) is 28.5 Å². The average Bonchev–Trinajstić information content (AvgIpc) is 2.71. The largest absolute Gasteiger partial charge is 0.466 e. The summed E-state index contributed by atoms with van der Waals surface area (Å²) in [7, 11) is 1.33. The van der Waals surface area contributed by atoms with E-state index in [0.29, 0.717) is 0 Å². The van der Waals surface area contributed by atoms with Crippen LogP contribution in [0.2, 0.25) is 0 Å². The lowest BCUT2D eigenvalue weighted by molar-refractivity contribution is -0.145. The smallest absolute Gasteiger partial charge is 0.346 e. The van der Waals surface area contributed by atoms with Gasteiger partial charge in [0.1, 0.15) is 0 Å². The molecule has 18 heavy (non-hydrogen) atoms. The van der Waals surface area contributed by atoms with Crippen LogP contribution in [-0.2, 0) is 14.4 Å². The molecule has 0 aliphatic heterocycles. The maximum atomic E-state index is 10.9. The molecule has 1 aliphatic rings. The second kappa shape index (κ2) is 7.69. The molecule has 100 valence electrons. The van der Waals surface area contributed by atoms with Crippen molar-refractivity contribution in [1.82, 2.24) is 0 Å². The van der Waals surface area contributed by atoms with Crippen molar-refractivity contribution in [2.75, 3.05) is 13.7 Å². The Kier molecular flexibility index (Phi) is 6.19. The molecule has 0 bridgehead atoms. The third kappa shape index (κ3) is 4.35. The Morgan fingerprint density at radius 1 is 1.39 bits per heavy atom. The number of allylic oxidation sites excluding steroid dienone is 4.